The topological polar surface area (TPSA) is 105 Å². The Hall–Kier alpha value is -3.17. The lowest BCUT2D eigenvalue weighted by molar-refractivity contribution is 0.0336. The fourth-order valence-electron chi connectivity index (χ4n) is 3.25. The van der Waals surface area contributed by atoms with Crippen LogP contribution < -0.4 is 10.6 Å². The van der Waals surface area contributed by atoms with Crippen molar-refractivity contribution in [2.45, 2.75) is 26.9 Å². The average Bonchev–Trinajstić information content (AvgIpc) is 3.38. The molecular weight excluding hydrogens is 448 g/mol. The Morgan fingerprint density at radius 1 is 1.25 bits per heavy atom. The first-order chi connectivity index (χ1) is 15.3. The summed E-state index contributed by atoms with van der Waals surface area (Å²) in [5.41, 5.74) is 2.17. The van der Waals surface area contributed by atoms with Crippen LogP contribution >= 0.6 is 22.9 Å². The molecular formula is C22H23ClN6O2S. The highest BCUT2D eigenvalue weighted by Crippen LogP contribution is 2.40. The number of amides is 1. The van der Waals surface area contributed by atoms with E-state index in [2.05, 4.69) is 30.8 Å². The van der Waals surface area contributed by atoms with Crippen LogP contribution in [0.15, 0.2) is 42.7 Å². The molecule has 0 aliphatic rings. The zero-order valence-corrected chi connectivity index (χ0v) is 19.6. The molecule has 3 heterocycles. The van der Waals surface area contributed by atoms with Crippen LogP contribution in [0.3, 0.4) is 0 Å². The molecule has 166 valence electrons. The maximum atomic E-state index is 11.8. The molecule has 1 unspecified atom stereocenters. The molecule has 8 nitrogen and oxygen atoms in total. The standard InChI is InChI=1S/C22H23ClN6O2S/c1-22(2,3)18(31-21(30)24-4)16-11-26-20(32-16)27-19-13-10-12(7-8-15(13)28-29-19)17-14(23)6-5-9-25-17/h5-11,18H,1-4H3,(H,24,30)(H2,26,27,28,29). The van der Waals surface area contributed by atoms with E-state index in [0.29, 0.717) is 21.7 Å². The Kier molecular flexibility index (Phi) is 6.03. The first-order valence-electron chi connectivity index (χ1n) is 9.96. The largest absolute Gasteiger partial charge is 0.440 e. The summed E-state index contributed by atoms with van der Waals surface area (Å²) in [6.07, 6.45) is 2.51. The molecule has 0 spiro atoms. The van der Waals surface area contributed by atoms with Crippen LogP contribution in [0.5, 0.6) is 0 Å². The lowest BCUT2D eigenvalue weighted by atomic mass is 9.88. The van der Waals surface area contributed by atoms with Gasteiger partial charge in [-0.1, -0.05) is 49.8 Å². The summed E-state index contributed by atoms with van der Waals surface area (Å²) in [6.45, 7) is 6.04. The number of fused-ring (bicyclic) bond motifs is 1. The number of halogens is 1. The Labute approximate surface area is 194 Å². The van der Waals surface area contributed by atoms with Crippen molar-refractivity contribution in [2.24, 2.45) is 5.41 Å². The molecule has 0 fully saturated rings. The number of alkyl carbamates (subject to hydrolysis) is 1. The van der Waals surface area contributed by atoms with Crippen molar-refractivity contribution in [1.29, 1.82) is 0 Å². The predicted octanol–water partition coefficient (Wildman–Crippen LogP) is 5.92. The summed E-state index contributed by atoms with van der Waals surface area (Å²) >= 11 is 7.73. The van der Waals surface area contributed by atoms with Crippen molar-refractivity contribution in [3.05, 3.63) is 52.6 Å². The molecule has 0 radical (unpaired) electrons. The number of ether oxygens (including phenoxy) is 1. The number of nitrogens with zero attached hydrogens (tertiary/aromatic N) is 3. The van der Waals surface area contributed by atoms with E-state index in [0.717, 1.165) is 21.3 Å². The minimum absolute atomic E-state index is 0.299. The highest BCUT2D eigenvalue weighted by Gasteiger charge is 2.32. The highest BCUT2D eigenvalue weighted by molar-refractivity contribution is 7.15. The number of benzene rings is 1. The van der Waals surface area contributed by atoms with Gasteiger partial charge in [0.05, 0.1) is 21.1 Å². The molecule has 0 bridgehead atoms. The number of pyridine rings is 1. The van der Waals surface area contributed by atoms with Gasteiger partial charge >= 0.3 is 6.09 Å². The van der Waals surface area contributed by atoms with Crippen molar-refractivity contribution >= 4 is 50.9 Å². The van der Waals surface area contributed by atoms with Gasteiger partial charge in [0.25, 0.3) is 0 Å². The van der Waals surface area contributed by atoms with Gasteiger partial charge in [0.15, 0.2) is 10.9 Å². The van der Waals surface area contributed by atoms with Gasteiger partial charge in [0.2, 0.25) is 0 Å². The summed E-state index contributed by atoms with van der Waals surface area (Å²) < 4.78 is 5.60. The Morgan fingerprint density at radius 2 is 2.06 bits per heavy atom. The SMILES string of the molecule is CNC(=O)OC(c1cnc(Nc2n[nH]c3ccc(-c4ncccc4Cl)cc23)s1)C(C)(C)C. The highest BCUT2D eigenvalue weighted by atomic mass is 35.5. The van der Waals surface area contributed by atoms with E-state index in [9.17, 15) is 4.79 Å². The summed E-state index contributed by atoms with van der Waals surface area (Å²) in [4.78, 5) is 21.5. The smallest absolute Gasteiger partial charge is 0.407 e. The number of hydrogen-bond donors (Lipinski definition) is 3. The van der Waals surface area contributed by atoms with Crippen LogP contribution in [0.1, 0.15) is 31.8 Å². The van der Waals surface area contributed by atoms with E-state index in [1.807, 2.05) is 45.0 Å². The molecule has 10 heteroatoms. The summed E-state index contributed by atoms with van der Waals surface area (Å²) in [5, 5.41) is 15.3. The molecule has 0 saturated carbocycles. The van der Waals surface area contributed by atoms with Crippen LogP contribution in [-0.4, -0.2) is 33.3 Å². The zero-order chi connectivity index (χ0) is 22.9. The van der Waals surface area contributed by atoms with Gasteiger partial charge in [0, 0.05) is 35.8 Å². The van der Waals surface area contributed by atoms with Crippen LogP contribution in [0.2, 0.25) is 5.02 Å². The number of aromatic nitrogens is 4. The number of hydrogen-bond acceptors (Lipinski definition) is 7. The maximum absolute atomic E-state index is 11.8. The second-order valence-corrected chi connectivity index (χ2v) is 9.73. The number of rotatable bonds is 5. The fourth-order valence-corrected chi connectivity index (χ4v) is 4.57. The summed E-state index contributed by atoms with van der Waals surface area (Å²) in [7, 11) is 1.54. The number of carbonyl (C=O) groups is 1. The summed E-state index contributed by atoms with van der Waals surface area (Å²) in [5.74, 6) is 0.634. The van der Waals surface area contributed by atoms with E-state index >= 15 is 0 Å². The van der Waals surface area contributed by atoms with Gasteiger partial charge in [-0.15, -0.1) is 0 Å². The molecule has 1 atom stereocenters. The maximum Gasteiger partial charge on any atom is 0.407 e. The molecule has 4 aromatic rings. The molecule has 3 N–H and O–H groups in total. The van der Waals surface area contributed by atoms with Gasteiger partial charge in [0.1, 0.15) is 6.10 Å². The molecule has 1 amide bonds. The van der Waals surface area contributed by atoms with Crippen LogP contribution in [-0.2, 0) is 4.74 Å². The number of anilines is 2. The third kappa shape index (κ3) is 4.53. The monoisotopic (exact) mass is 470 g/mol. The van der Waals surface area contributed by atoms with Gasteiger partial charge in [-0.05, 0) is 24.3 Å². The first-order valence-corrected chi connectivity index (χ1v) is 11.2. The zero-order valence-electron chi connectivity index (χ0n) is 18.1. The first kappa shape index (κ1) is 22.0. The van der Waals surface area contributed by atoms with E-state index in [1.54, 1.807) is 18.5 Å². The fraction of sp³-hybridized carbons (Fsp3) is 0.273. The lowest BCUT2D eigenvalue weighted by Crippen LogP contribution is -2.28. The number of thiazole rings is 1. The molecule has 1 aromatic carbocycles. The quantitative estimate of drug-likeness (QED) is 0.334. The van der Waals surface area contributed by atoms with Crippen molar-refractivity contribution in [1.82, 2.24) is 25.5 Å². The second kappa shape index (κ2) is 8.76. The van der Waals surface area contributed by atoms with Gasteiger partial charge in [-0.3, -0.25) is 10.1 Å². The van der Waals surface area contributed by atoms with Crippen LogP contribution in [0.25, 0.3) is 22.2 Å². The van der Waals surface area contributed by atoms with E-state index in [1.165, 1.54) is 18.4 Å². The van der Waals surface area contributed by atoms with Crippen molar-refractivity contribution < 1.29 is 9.53 Å². The minimum atomic E-state index is -0.480. The number of carbonyl (C=O) groups excluding carboxylic acids is 1. The molecule has 32 heavy (non-hydrogen) atoms. The molecule has 0 aliphatic carbocycles. The normalized spacial score (nSPS) is 12.5. The number of H-pyrrole nitrogens is 1. The van der Waals surface area contributed by atoms with Crippen molar-refractivity contribution in [2.75, 3.05) is 12.4 Å². The predicted molar refractivity (Wildman–Crippen MR) is 127 cm³/mol. The van der Waals surface area contributed by atoms with Gasteiger partial charge in [-0.25, -0.2) is 9.78 Å². The third-order valence-electron chi connectivity index (χ3n) is 4.82. The molecule has 0 aliphatic heterocycles. The van der Waals surface area contributed by atoms with Gasteiger partial charge < -0.3 is 15.4 Å². The average molecular weight is 471 g/mol. The Balaban J connectivity index is 1.63. The second-order valence-electron chi connectivity index (χ2n) is 8.26. The Bertz CT molecular complexity index is 1260. The van der Waals surface area contributed by atoms with Crippen molar-refractivity contribution in [3.8, 4) is 11.3 Å². The van der Waals surface area contributed by atoms with Gasteiger partial charge in [-0.2, -0.15) is 5.10 Å². The van der Waals surface area contributed by atoms with Crippen molar-refractivity contribution in [3.63, 3.8) is 0 Å². The third-order valence-corrected chi connectivity index (χ3v) is 6.08. The van der Waals surface area contributed by atoms with E-state index in [-0.39, 0.29) is 5.41 Å². The molecule has 0 saturated heterocycles. The Morgan fingerprint density at radius 3 is 2.78 bits per heavy atom. The molecule has 3 aromatic heterocycles. The van der Waals surface area contributed by atoms with E-state index in [4.69, 9.17) is 16.3 Å². The lowest BCUT2D eigenvalue weighted by Gasteiger charge is -2.28. The number of nitrogens with one attached hydrogen (secondary N) is 3. The minimum Gasteiger partial charge on any atom is -0.440 e. The van der Waals surface area contributed by atoms with E-state index < -0.39 is 12.2 Å². The number of aromatic amines is 1. The van der Waals surface area contributed by atoms with Crippen LogP contribution in [0, 0.1) is 5.41 Å². The summed E-state index contributed by atoms with van der Waals surface area (Å²) in [6, 6.07) is 9.48. The van der Waals surface area contributed by atoms with Crippen LogP contribution in [0.4, 0.5) is 15.7 Å². The molecule has 4 rings (SSSR count).